The van der Waals surface area contributed by atoms with Gasteiger partial charge in [0.1, 0.15) is 13.2 Å². The van der Waals surface area contributed by atoms with E-state index >= 15 is 0 Å². The fraction of sp³-hybridized carbons (Fsp3) is 0.273. The van der Waals surface area contributed by atoms with Crippen molar-refractivity contribution < 1.29 is 28.7 Å². The summed E-state index contributed by atoms with van der Waals surface area (Å²) in [4.78, 5) is 53.3. The standard InChI is InChI=1S/C22H20N2O6/c25-19(23-11-13-29-21(23)27)17(15-7-3-1-4-8-15)18(16-9-5-2-6-10-16)20(26)24-12-14-30-22(24)28/h1-10,17-18H,11-14H2/t17-,18-/m0/s1. The third-order valence-electron chi connectivity index (χ3n) is 5.24. The smallest absolute Gasteiger partial charge is 0.416 e. The fourth-order valence-corrected chi connectivity index (χ4v) is 3.80. The van der Waals surface area contributed by atoms with E-state index in [9.17, 15) is 19.2 Å². The lowest BCUT2D eigenvalue weighted by Crippen LogP contribution is -2.44. The molecule has 0 radical (unpaired) electrons. The van der Waals surface area contributed by atoms with Gasteiger partial charge in [0.25, 0.3) is 0 Å². The second kappa shape index (κ2) is 8.36. The van der Waals surface area contributed by atoms with Crippen LogP contribution in [0.5, 0.6) is 0 Å². The number of cyclic esters (lactones) is 2. The Balaban J connectivity index is 1.82. The highest BCUT2D eigenvalue weighted by molar-refractivity contribution is 6.04. The fourth-order valence-electron chi connectivity index (χ4n) is 3.80. The van der Waals surface area contributed by atoms with Gasteiger partial charge in [0, 0.05) is 0 Å². The first-order valence-electron chi connectivity index (χ1n) is 9.64. The van der Waals surface area contributed by atoms with Gasteiger partial charge in [-0.2, -0.15) is 0 Å². The van der Waals surface area contributed by atoms with Crippen molar-refractivity contribution >= 4 is 24.0 Å². The van der Waals surface area contributed by atoms with E-state index in [-0.39, 0.29) is 26.3 Å². The van der Waals surface area contributed by atoms with E-state index in [1.54, 1.807) is 60.7 Å². The van der Waals surface area contributed by atoms with Crippen LogP contribution < -0.4 is 0 Å². The van der Waals surface area contributed by atoms with E-state index in [1.807, 2.05) is 0 Å². The van der Waals surface area contributed by atoms with Crippen molar-refractivity contribution in [3.63, 3.8) is 0 Å². The Hall–Kier alpha value is -3.68. The Morgan fingerprint density at radius 3 is 1.33 bits per heavy atom. The summed E-state index contributed by atoms with van der Waals surface area (Å²) >= 11 is 0. The van der Waals surface area contributed by atoms with E-state index in [4.69, 9.17) is 9.47 Å². The van der Waals surface area contributed by atoms with Crippen molar-refractivity contribution in [2.24, 2.45) is 0 Å². The first-order valence-corrected chi connectivity index (χ1v) is 9.64. The molecule has 30 heavy (non-hydrogen) atoms. The molecule has 2 aliphatic rings. The maximum absolute atomic E-state index is 13.5. The van der Waals surface area contributed by atoms with E-state index in [1.165, 1.54) is 0 Å². The molecule has 2 aromatic carbocycles. The van der Waals surface area contributed by atoms with Crippen molar-refractivity contribution in [3.8, 4) is 0 Å². The van der Waals surface area contributed by atoms with Crippen LogP contribution in [0.1, 0.15) is 23.0 Å². The SMILES string of the molecule is O=C1OCCN1C(=O)[C@@H](c1ccccc1)[C@@H](C(=O)N1CCOC1=O)c1ccccc1. The molecule has 0 bridgehead atoms. The molecule has 2 heterocycles. The van der Waals surface area contributed by atoms with Crippen molar-refractivity contribution in [3.05, 3.63) is 71.8 Å². The average Bonchev–Trinajstić information content (AvgIpc) is 3.40. The van der Waals surface area contributed by atoms with Crippen molar-refractivity contribution in [2.45, 2.75) is 11.8 Å². The first kappa shape index (κ1) is 19.6. The van der Waals surface area contributed by atoms with Gasteiger partial charge in [0.05, 0.1) is 24.9 Å². The second-order valence-electron chi connectivity index (χ2n) is 6.99. The van der Waals surface area contributed by atoms with Gasteiger partial charge in [-0.05, 0) is 11.1 Å². The number of ether oxygens (including phenoxy) is 2. The van der Waals surface area contributed by atoms with Crippen LogP contribution in [0.4, 0.5) is 9.59 Å². The van der Waals surface area contributed by atoms with Gasteiger partial charge < -0.3 is 9.47 Å². The largest absolute Gasteiger partial charge is 0.447 e. The summed E-state index contributed by atoms with van der Waals surface area (Å²) in [5.41, 5.74) is 1.13. The minimum Gasteiger partial charge on any atom is -0.447 e. The zero-order valence-corrected chi connectivity index (χ0v) is 16.1. The molecular formula is C22H20N2O6. The lowest BCUT2D eigenvalue weighted by molar-refractivity contribution is -0.136. The summed E-state index contributed by atoms with van der Waals surface area (Å²) < 4.78 is 9.86. The monoisotopic (exact) mass is 408 g/mol. The number of imide groups is 2. The van der Waals surface area contributed by atoms with E-state index in [0.717, 1.165) is 9.80 Å². The number of carbonyl (C=O) groups is 4. The van der Waals surface area contributed by atoms with Crippen LogP contribution in [0.25, 0.3) is 0 Å². The van der Waals surface area contributed by atoms with Gasteiger partial charge in [-0.25, -0.2) is 19.4 Å². The Bertz CT molecular complexity index is 883. The van der Waals surface area contributed by atoms with Gasteiger partial charge in [0.15, 0.2) is 0 Å². The summed E-state index contributed by atoms with van der Waals surface area (Å²) in [7, 11) is 0. The highest BCUT2D eigenvalue weighted by atomic mass is 16.6. The zero-order chi connectivity index (χ0) is 21.1. The number of carbonyl (C=O) groups excluding carboxylic acids is 4. The highest BCUT2D eigenvalue weighted by Crippen LogP contribution is 2.37. The molecule has 0 saturated carbocycles. The number of nitrogens with zero attached hydrogens (tertiary/aromatic N) is 2. The van der Waals surface area contributed by atoms with Crippen LogP contribution in [0.2, 0.25) is 0 Å². The van der Waals surface area contributed by atoms with Crippen molar-refractivity contribution in [2.75, 3.05) is 26.3 Å². The molecular weight excluding hydrogens is 388 g/mol. The average molecular weight is 408 g/mol. The summed E-state index contributed by atoms with van der Waals surface area (Å²) in [5, 5.41) is 0. The van der Waals surface area contributed by atoms with Crippen LogP contribution in [0.3, 0.4) is 0 Å². The predicted octanol–water partition coefficient (Wildman–Crippen LogP) is 2.51. The number of hydrogen-bond acceptors (Lipinski definition) is 6. The maximum Gasteiger partial charge on any atom is 0.416 e. The minimum atomic E-state index is -1.01. The molecule has 2 atom stereocenters. The highest BCUT2D eigenvalue weighted by Gasteiger charge is 2.45. The lowest BCUT2D eigenvalue weighted by atomic mass is 9.79. The topological polar surface area (TPSA) is 93.2 Å². The molecule has 2 aromatic rings. The molecule has 4 rings (SSSR count). The summed E-state index contributed by atoms with van der Waals surface area (Å²) in [6.07, 6.45) is -1.47. The van der Waals surface area contributed by atoms with Gasteiger partial charge in [-0.3, -0.25) is 9.59 Å². The molecule has 0 N–H and O–H groups in total. The van der Waals surface area contributed by atoms with Gasteiger partial charge in [-0.15, -0.1) is 0 Å². The number of benzene rings is 2. The Kier molecular flexibility index (Phi) is 5.47. The molecule has 8 nitrogen and oxygen atoms in total. The number of hydrogen-bond donors (Lipinski definition) is 0. The molecule has 0 aliphatic carbocycles. The summed E-state index contributed by atoms with van der Waals surface area (Å²) in [6, 6.07) is 17.6. The Labute approximate surface area is 173 Å². The molecule has 154 valence electrons. The maximum atomic E-state index is 13.5. The second-order valence-corrected chi connectivity index (χ2v) is 6.99. The Morgan fingerprint density at radius 2 is 1.03 bits per heavy atom. The molecule has 2 saturated heterocycles. The van der Waals surface area contributed by atoms with Crippen LogP contribution in [-0.2, 0) is 19.1 Å². The molecule has 2 fully saturated rings. The van der Waals surface area contributed by atoms with Crippen molar-refractivity contribution in [1.82, 2.24) is 9.80 Å². The summed E-state index contributed by atoms with van der Waals surface area (Å²) in [5.74, 6) is -3.11. The molecule has 0 aromatic heterocycles. The predicted molar refractivity (Wildman–Crippen MR) is 104 cm³/mol. The summed E-state index contributed by atoms with van der Waals surface area (Å²) in [6.45, 7) is 0.438. The molecule has 8 heteroatoms. The van der Waals surface area contributed by atoms with E-state index < -0.39 is 35.8 Å². The third-order valence-corrected chi connectivity index (χ3v) is 5.24. The number of amides is 4. The first-order chi connectivity index (χ1) is 14.6. The van der Waals surface area contributed by atoms with Gasteiger partial charge in [0.2, 0.25) is 11.8 Å². The van der Waals surface area contributed by atoms with E-state index in [2.05, 4.69) is 0 Å². The lowest BCUT2D eigenvalue weighted by Gasteiger charge is -2.30. The molecule has 2 aliphatic heterocycles. The third kappa shape index (κ3) is 3.63. The van der Waals surface area contributed by atoms with Gasteiger partial charge in [-0.1, -0.05) is 60.7 Å². The van der Waals surface area contributed by atoms with Crippen LogP contribution in [0.15, 0.2) is 60.7 Å². The normalized spacial score (nSPS) is 18.0. The van der Waals surface area contributed by atoms with Crippen LogP contribution >= 0.6 is 0 Å². The van der Waals surface area contributed by atoms with E-state index in [0.29, 0.717) is 11.1 Å². The quantitative estimate of drug-likeness (QED) is 0.755. The van der Waals surface area contributed by atoms with Crippen LogP contribution in [0, 0.1) is 0 Å². The van der Waals surface area contributed by atoms with Gasteiger partial charge >= 0.3 is 12.2 Å². The minimum absolute atomic E-state index is 0.106. The van der Waals surface area contributed by atoms with Crippen LogP contribution in [-0.4, -0.2) is 60.1 Å². The molecule has 0 spiro atoms. The van der Waals surface area contributed by atoms with Crippen molar-refractivity contribution in [1.29, 1.82) is 0 Å². The Morgan fingerprint density at radius 1 is 0.667 bits per heavy atom. The zero-order valence-electron chi connectivity index (χ0n) is 16.1. The molecule has 4 amide bonds. The number of rotatable bonds is 5. The molecule has 0 unspecified atom stereocenters.